The topological polar surface area (TPSA) is 55.6 Å². The van der Waals surface area contributed by atoms with Gasteiger partial charge in [-0.1, -0.05) is 18.2 Å². The van der Waals surface area contributed by atoms with Gasteiger partial charge in [-0.25, -0.2) is 5.90 Å². The van der Waals surface area contributed by atoms with Gasteiger partial charge in [0, 0.05) is 24.6 Å². The highest BCUT2D eigenvalue weighted by molar-refractivity contribution is 5.94. The van der Waals surface area contributed by atoms with Crippen LogP contribution in [0.25, 0.3) is 0 Å². The zero-order valence-electron chi connectivity index (χ0n) is 9.13. The fraction of sp³-hybridized carbons (Fsp3) is 0.417. The van der Waals surface area contributed by atoms with Gasteiger partial charge in [-0.15, -0.1) is 0 Å². The van der Waals surface area contributed by atoms with E-state index < -0.39 is 0 Å². The Morgan fingerprint density at radius 3 is 2.88 bits per heavy atom. The van der Waals surface area contributed by atoms with E-state index in [4.69, 9.17) is 5.90 Å². The van der Waals surface area contributed by atoms with E-state index in [0.717, 1.165) is 25.1 Å². The molecule has 0 spiro atoms. The van der Waals surface area contributed by atoms with E-state index in [1.807, 2.05) is 35.2 Å². The Labute approximate surface area is 94.9 Å². The van der Waals surface area contributed by atoms with Crippen LogP contribution in [0.4, 0.5) is 0 Å². The first kappa shape index (κ1) is 11.1. The zero-order valence-corrected chi connectivity index (χ0v) is 9.13. The van der Waals surface area contributed by atoms with E-state index in [1.165, 1.54) is 0 Å². The van der Waals surface area contributed by atoms with Crippen LogP contribution in [0.3, 0.4) is 0 Å². The van der Waals surface area contributed by atoms with Crippen molar-refractivity contribution in [2.45, 2.75) is 6.42 Å². The highest BCUT2D eigenvalue weighted by Crippen LogP contribution is 2.18. The summed E-state index contributed by atoms with van der Waals surface area (Å²) in [6, 6.07) is 9.35. The van der Waals surface area contributed by atoms with Gasteiger partial charge in [0.15, 0.2) is 0 Å². The van der Waals surface area contributed by atoms with Gasteiger partial charge in [0.05, 0.1) is 6.61 Å². The maximum Gasteiger partial charge on any atom is 0.253 e. The van der Waals surface area contributed by atoms with E-state index in [-0.39, 0.29) is 5.91 Å². The fourth-order valence-electron chi connectivity index (χ4n) is 2.05. The molecule has 16 heavy (non-hydrogen) atoms. The summed E-state index contributed by atoms with van der Waals surface area (Å²) in [6.07, 6.45) is 0.968. The van der Waals surface area contributed by atoms with E-state index in [9.17, 15) is 4.79 Å². The molecule has 1 fully saturated rings. The van der Waals surface area contributed by atoms with Crippen molar-refractivity contribution < 1.29 is 9.63 Å². The molecular formula is C12H16N2O2. The lowest BCUT2D eigenvalue weighted by Gasteiger charge is -2.16. The maximum absolute atomic E-state index is 12.1. The molecule has 1 unspecified atom stereocenters. The van der Waals surface area contributed by atoms with Crippen molar-refractivity contribution in [1.82, 2.24) is 4.90 Å². The number of rotatable bonds is 3. The average molecular weight is 220 g/mol. The van der Waals surface area contributed by atoms with Gasteiger partial charge in [0.25, 0.3) is 5.91 Å². The second-order valence-electron chi connectivity index (χ2n) is 4.11. The minimum atomic E-state index is 0.0973. The molecule has 86 valence electrons. The van der Waals surface area contributed by atoms with E-state index >= 15 is 0 Å². The SMILES string of the molecule is NOCC1CCN(C(=O)c2ccccc2)C1. The summed E-state index contributed by atoms with van der Waals surface area (Å²) < 4.78 is 0. The quantitative estimate of drug-likeness (QED) is 0.774. The highest BCUT2D eigenvalue weighted by atomic mass is 16.6. The van der Waals surface area contributed by atoms with Crippen molar-refractivity contribution in [3.05, 3.63) is 35.9 Å². The standard InChI is InChI=1S/C12H16N2O2/c13-16-9-10-6-7-14(8-10)12(15)11-4-2-1-3-5-11/h1-5,10H,6-9,13H2. The third-order valence-electron chi connectivity index (χ3n) is 2.93. The van der Waals surface area contributed by atoms with Crippen molar-refractivity contribution in [2.75, 3.05) is 19.7 Å². The number of nitrogens with two attached hydrogens (primary N) is 1. The lowest BCUT2D eigenvalue weighted by molar-refractivity contribution is 0.0754. The largest absolute Gasteiger partial charge is 0.338 e. The molecule has 0 saturated carbocycles. The van der Waals surface area contributed by atoms with E-state index in [2.05, 4.69) is 4.84 Å². The molecule has 1 heterocycles. The van der Waals surface area contributed by atoms with Crippen molar-refractivity contribution >= 4 is 5.91 Å². The van der Waals surface area contributed by atoms with Crippen molar-refractivity contribution in [2.24, 2.45) is 11.8 Å². The molecule has 0 aromatic heterocycles. The fourth-order valence-corrected chi connectivity index (χ4v) is 2.05. The first-order chi connectivity index (χ1) is 7.81. The Kier molecular flexibility index (Phi) is 3.54. The summed E-state index contributed by atoms with van der Waals surface area (Å²) in [5.74, 6) is 5.51. The van der Waals surface area contributed by atoms with E-state index in [0.29, 0.717) is 12.5 Å². The number of hydrogen-bond donors (Lipinski definition) is 1. The number of likely N-dealkylation sites (tertiary alicyclic amines) is 1. The molecule has 1 saturated heterocycles. The predicted octanol–water partition coefficient (Wildman–Crippen LogP) is 1.04. The number of benzene rings is 1. The van der Waals surface area contributed by atoms with Crippen LogP contribution in [0.1, 0.15) is 16.8 Å². The highest BCUT2D eigenvalue weighted by Gasteiger charge is 2.26. The third kappa shape index (κ3) is 2.40. The van der Waals surface area contributed by atoms with E-state index in [1.54, 1.807) is 0 Å². The average Bonchev–Trinajstić information content (AvgIpc) is 2.78. The van der Waals surface area contributed by atoms with Crippen LogP contribution >= 0.6 is 0 Å². The van der Waals surface area contributed by atoms with Gasteiger partial charge < -0.3 is 9.74 Å². The summed E-state index contributed by atoms with van der Waals surface area (Å²) >= 11 is 0. The first-order valence-electron chi connectivity index (χ1n) is 5.47. The van der Waals surface area contributed by atoms with Gasteiger partial charge in [-0.05, 0) is 18.6 Å². The van der Waals surface area contributed by atoms with Crippen LogP contribution < -0.4 is 5.90 Å². The minimum Gasteiger partial charge on any atom is -0.338 e. The van der Waals surface area contributed by atoms with Gasteiger partial charge in [-0.3, -0.25) is 4.79 Å². The Morgan fingerprint density at radius 1 is 1.44 bits per heavy atom. The monoisotopic (exact) mass is 220 g/mol. The maximum atomic E-state index is 12.1. The Balaban J connectivity index is 1.97. The van der Waals surface area contributed by atoms with Crippen LogP contribution in [-0.4, -0.2) is 30.5 Å². The molecule has 0 bridgehead atoms. The number of hydrogen-bond acceptors (Lipinski definition) is 3. The van der Waals surface area contributed by atoms with Gasteiger partial charge >= 0.3 is 0 Å². The molecule has 1 aliphatic rings. The van der Waals surface area contributed by atoms with Gasteiger partial charge in [-0.2, -0.15) is 0 Å². The minimum absolute atomic E-state index is 0.0973. The number of nitrogens with zero attached hydrogens (tertiary/aromatic N) is 1. The summed E-state index contributed by atoms with van der Waals surface area (Å²) in [5, 5.41) is 0. The molecule has 1 amide bonds. The summed E-state index contributed by atoms with van der Waals surface area (Å²) in [4.78, 5) is 18.5. The van der Waals surface area contributed by atoms with Gasteiger partial charge in [0.2, 0.25) is 0 Å². The summed E-state index contributed by atoms with van der Waals surface area (Å²) in [6.45, 7) is 2.06. The predicted molar refractivity (Wildman–Crippen MR) is 60.6 cm³/mol. The van der Waals surface area contributed by atoms with Crippen LogP contribution in [-0.2, 0) is 4.84 Å². The number of carbonyl (C=O) groups excluding carboxylic acids is 1. The molecule has 0 aliphatic carbocycles. The molecule has 0 radical (unpaired) electrons. The summed E-state index contributed by atoms with van der Waals surface area (Å²) in [5.41, 5.74) is 0.747. The molecule has 4 heteroatoms. The number of amides is 1. The molecular weight excluding hydrogens is 204 g/mol. The molecule has 4 nitrogen and oxygen atoms in total. The molecule has 1 aromatic carbocycles. The second kappa shape index (κ2) is 5.09. The molecule has 1 aliphatic heterocycles. The Hall–Kier alpha value is -1.39. The first-order valence-corrected chi connectivity index (χ1v) is 5.47. The normalized spacial score (nSPS) is 20.1. The smallest absolute Gasteiger partial charge is 0.253 e. The number of carbonyl (C=O) groups is 1. The zero-order chi connectivity index (χ0) is 11.4. The lowest BCUT2D eigenvalue weighted by atomic mass is 10.1. The second-order valence-corrected chi connectivity index (χ2v) is 4.11. The Morgan fingerprint density at radius 2 is 2.19 bits per heavy atom. The van der Waals surface area contributed by atoms with Crippen LogP contribution in [0, 0.1) is 5.92 Å². The van der Waals surface area contributed by atoms with Crippen molar-refractivity contribution in [3.8, 4) is 0 Å². The lowest BCUT2D eigenvalue weighted by Crippen LogP contribution is -2.29. The Bertz CT molecular complexity index is 353. The van der Waals surface area contributed by atoms with Crippen LogP contribution in [0.2, 0.25) is 0 Å². The molecule has 1 aromatic rings. The molecule has 1 atom stereocenters. The van der Waals surface area contributed by atoms with Gasteiger partial charge in [0.1, 0.15) is 0 Å². The van der Waals surface area contributed by atoms with Crippen molar-refractivity contribution in [3.63, 3.8) is 0 Å². The molecule has 2 rings (SSSR count). The molecule has 2 N–H and O–H groups in total. The van der Waals surface area contributed by atoms with Crippen LogP contribution in [0.15, 0.2) is 30.3 Å². The summed E-state index contributed by atoms with van der Waals surface area (Å²) in [7, 11) is 0. The van der Waals surface area contributed by atoms with Crippen molar-refractivity contribution in [1.29, 1.82) is 0 Å². The van der Waals surface area contributed by atoms with Crippen LogP contribution in [0.5, 0.6) is 0 Å². The third-order valence-corrected chi connectivity index (χ3v) is 2.93.